The molecule has 121 valence electrons. The lowest BCUT2D eigenvalue weighted by atomic mass is 10.2. The Morgan fingerprint density at radius 2 is 1.60 bits per heavy atom. The monoisotopic (exact) mass is 344 g/mol. The summed E-state index contributed by atoms with van der Waals surface area (Å²) in [6.45, 7) is 2.05. The highest BCUT2D eigenvalue weighted by Gasteiger charge is 2.15. The smallest absolute Gasteiger partial charge is 0.616 e. The largest absolute Gasteiger partial charge is 0.881 e. The number of fused-ring (bicyclic) bond motifs is 1. The number of aromatic nitrogens is 1. The van der Waals surface area contributed by atoms with Crippen LogP contribution in [0, 0.1) is 6.92 Å². The summed E-state index contributed by atoms with van der Waals surface area (Å²) in [5, 5.41) is 0. The van der Waals surface area contributed by atoms with Crippen LogP contribution in [0.1, 0.15) is 5.56 Å². The number of nitrogens with zero attached hydrogens (tertiary/aromatic N) is 1. The van der Waals surface area contributed by atoms with Crippen LogP contribution >= 0.6 is 0 Å². The number of para-hydroxylation sites is 3. The van der Waals surface area contributed by atoms with Gasteiger partial charge in [0.1, 0.15) is 5.52 Å². The molecule has 0 atom stereocenters. The van der Waals surface area contributed by atoms with Crippen molar-refractivity contribution in [2.75, 3.05) is 0 Å². The second kappa shape index (κ2) is 7.02. The summed E-state index contributed by atoms with van der Waals surface area (Å²) in [5.41, 5.74) is 3.61. The summed E-state index contributed by atoms with van der Waals surface area (Å²) < 4.78 is 17.5. The third-order valence-electron chi connectivity index (χ3n) is 3.79. The van der Waals surface area contributed by atoms with E-state index in [-0.39, 0.29) is 0 Å². The molecule has 0 N–H and O–H groups in total. The lowest BCUT2D eigenvalue weighted by Crippen LogP contribution is -2.11. The second-order valence-corrected chi connectivity index (χ2v) is 6.29. The van der Waals surface area contributed by atoms with Crippen LogP contribution < -0.4 is 7.58 Å². The fourth-order valence-corrected chi connectivity index (χ4v) is 3.11. The molecule has 0 aliphatic carbocycles. The molecule has 1 radical (unpaired) electrons. The minimum atomic E-state index is -0.689. The van der Waals surface area contributed by atoms with Crippen molar-refractivity contribution in [3.8, 4) is 23.0 Å². The summed E-state index contributed by atoms with van der Waals surface area (Å²) in [4.78, 5) is 4.54. The first-order valence-corrected chi connectivity index (χ1v) is 8.90. The van der Waals surface area contributed by atoms with E-state index in [9.17, 15) is 0 Å². The molecule has 0 amide bonds. The van der Waals surface area contributed by atoms with E-state index < -0.39 is 15.9 Å². The first kappa shape index (κ1) is 15.8. The number of hydrogen-bond acceptors (Lipinski definition) is 4. The maximum Gasteiger partial charge on any atom is 0.881 e. The Kier molecular flexibility index (Phi) is 4.43. The Hall–Kier alpha value is -2.74. The Balaban J connectivity index is 1.53. The summed E-state index contributed by atoms with van der Waals surface area (Å²) >= 11 is -0.689. The third-order valence-corrected chi connectivity index (χ3v) is 4.51. The fraction of sp³-hybridized carbons (Fsp3) is 0.0500. The molecule has 1 heterocycles. The van der Waals surface area contributed by atoms with Crippen molar-refractivity contribution in [2.24, 2.45) is 0 Å². The second-order valence-electron chi connectivity index (χ2n) is 5.63. The van der Waals surface area contributed by atoms with E-state index in [2.05, 4.69) is 4.98 Å². The molecule has 5 heteroatoms. The van der Waals surface area contributed by atoms with Crippen molar-refractivity contribution in [3.05, 3.63) is 78.4 Å². The Labute approximate surface area is 152 Å². The third kappa shape index (κ3) is 3.53. The molecule has 0 saturated carbocycles. The van der Waals surface area contributed by atoms with Crippen molar-refractivity contribution in [1.82, 2.24) is 4.98 Å². The summed E-state index contributed by atoms with van der Waals surface area (Å²) in [5.74, 6) is 2.06. The molecule has 25 heavy (non-hydrogen) atoms. The molecule has 4 aromatic rings. The predicted octanol–water partition coefficient (Wildman–Crippen LogP) is 4.80. The summed E-state index contributed by atoms with van der Waals surface area (Å²) in [7, 11) is 0. The lowest BCUT2D eigenvalue weighted by Gasteiger charge is -2.11. The SMILES string of the molecule is Cc1ccc([O][Al][O]c2ccccc2-c2nc3ccccc3o2)cc1. The van der Waals surface area contributed by atoms with Crippen LogP contribution in [0.25, 0.3) is 22.6 Å². The molecule has 0 unspecified atom stereocenters. The number of hydrogen-bond donors (Lipinski definition) is 0. The number of aryl methyl sites for hydroxylation is 1. The van der Waals surface area contributed by atoms with Crippen LogP contribution in [0.5, 0.6) is 11.5 Å². The van der Waals surface area contributed by atoms with Gasteiger partial charge in [-0.1, -0.05) is 42.0 Å². The van der Waals surface area contributed by atoms with Crippen molar-refractivity contribution in [3.63, 3.8) is 0 Å². The summed E-state index contributed by atoms with van der Waals surface area (Å²) in [6, 6.07) is 23.3. The molecule has 4 rings (SSSR count). The van der Waals surface area contributed by atoms with Crippen molar-refractivity contribution in [1.29, 1.82) is 0 Å². The molecule has 0 fully saturated rings. The maximum atomic E-state index is 5.88. The number of rotatable bonds is 5. The molecule has 3 aromatic carbocycles. The molecule has 0 aliphatic rings. The average Bonchev–Trinajstić information content (AvgIpc) is 3.08. The van der Waals surface area contributed by atoms with E-state index in [4.69, 9.17) is 12.0 Å². The normalized spacial score (nSPS) is 10.6. The molecule has 0 saturated heterocycles. The maximum absolute atomic E-state index is 5.88. The minimum Gasteiger partial charge on any atom is -0.616 e. The Morgan fingerprint density at radius 3 is 2.44 bits per heavy atom. The lowest BCUT2D eigenvalue weighted by molar-refractivity contribution is 0.458. The fourth-order valence-electron chi connectivity index (χ4n) is 2.48. The van der Waals surface area contributed by atoms with E-state index in [1.54, 1.807) is 0 Å². The van der Waals surface area contributed by atoms with Gasteiger partial charge < -0.3 is 12.0 Å². The van der Waals surface area contributed by atoms with Gasteiger partial charge in [0.05, 0.1) is 17.1 Å². The van der Waals surface area contributed by atoms with Crippen LogP contribution in [0.3, 0.4) is 0 Å². The predicted molar refractivity (Wildman–Crippen MR) is 97.6 cm³/mol. The zero-order valence-corrected chi connectivity index (χ0v) is 14.8. The van der Waals surface area contributed by atoms with Crippen molar-refractivity contribution in [2.45, 2.75) is 6.92 Å². The van der Waals surface area contributed by atoms with E-state index in [1.807, 2.05) is 79.7 Å². The first-order valence-electron chi connectivity index (χ1n) is 7.96. The van der Waals surface area contributed by atoms with Gasteiger partial charge in [-0.05, 0) is 43.3 Å². The molecule has 4 nitrogen and oxygen atoms in total. The van der Waals surface area contributed by atoms with Crippen LogP contribution in [0.2, 0.25) is 0 Å². The van der Waals surface area contributed by atoms with Crippen molar-refractivity contribution >= 4 is 27.0 Å². The zero-order valence-electron chi connectivity index (χ0n) is 13.7. The Morgan fingerprint density at radius 1 is 0.840 bits per heavy atom. The summed E-state index contributed by atoms with van der Waals surface area (Å²) in [6.07, 6.45) is 0. The molecular formula is C20H15AlNO3. The number of oxazole rings is 1. The highest BCUT2D eigenvalue weighted by atomic mass is 27.2. The van der Waals surface area contributed by atoms with Gasteiger partial charge in [0, 0.05) is 0 Å². The molecule has 0 aliphatic heterocycles. The highest BCUT2D eigenvalue weighted by Crippen LogP contribution is 2.31. The van der Waals surface area contributed by atoms with E-state index >= 15 is 0 Å². The average molecular weight is 344 g/mol. The van der Waals surface area contributed by atoms with Crippen LogP contribution in [-0.4, -0.2) is 20.9 Å². The standard InChI is InChI=1S/C13H9NO2.C7H8O.Al/c15-11-7-3-1-5-9(11)13-14-10-6-2-4-8-12(10)16-13;1-6-2-4-7(8)5-3-6;/h1-8,15H;2-5,8H,1H3;/q;;+2/p-2. The van der Waals surface area contributed by atoms with Crippen LogP contribution in [-0.2, 0) is 0 Å². The number of benzene rings is 3. The Bertz CT molecular complexity index is 962. The first-order chi connectivity index (χ1) is 12.3. The van der Waals surface area contributed by atoms with Gasteiger partial charge in [0.15, 0.2) is 5.58 Å². The molecule has 0 spiro atoms. The van der Waals surface area contributed by atoms with Gasteiger partial charge in [0.25, 0.3) is 0 Å². The van der Waals surface area contributed by atoms with Gasteiger partial charge in [-0.25, -0.2) is 4.98 Å². The van der Waals surface area contributed by atoms with Crippen LogP contribution in [0.4, 0.5) is 0 Å². The van der Waals surface area contributed by atoms with Gasteiger partial charge >= 0.3 is 15.9 Å². The molecule has 1 aromatic heterocycles. The van der Waals surface area contributed by atoms with Gasteiger partial charge in [-0.2, -0.15) is 0 Å². The molecular weight excluding hydrogens is 329 g/mol. The van der Waals surface area contributed by atoms with Gasteiger partial charge in [-0.3, -0.25) is 0 Å². The van der Waals surface area contributed by atoms with E-state index in [0.717, 1.165) is 22.4 Å². The van der Waals surface area contributed by atoms with Crippen LogP contribution in [0.15, 0.2) is 77.2 Å². The quantitative estimate of drug-likeness (QED) is 0.488. The van der Waals surface area contributed by atoms with E-state index in [1.165, 1.54) is 5.56 Å². The van der Waals surface area contributed by atoms with Gasteiger partial charge in [-0.15, -0.1) is 0 Å². The minimum absolute atomic E-state index is 0.548. The topological polar surface area (TPSA) is 44.5 Å². The van der Waals surface area contributed by atoms with Crippen molar-refractivity contribution < 1.29 is 12.0 Å². The van der Waals surface area contributed by atoms with Gasteiger partial charge in [0.2, 0.25) is 5.89 Å². The zero-order chi connectivity index (χ0) is 17.1. The van der Waals surface area contributed by atoms with E-state index in [0.29, 0.717) is 11.6 Å². The molecule has 0 bridgehead atoms. The highest BCUT2D eigenvalue weighted by molar-refractivity contribution is 6.21.